The van der Waals surface area contributed by atoms with Crippen molar-refractivity contribution in [1.29, 1.82) is 0 Å². The second-order valence-corrected chi connectivity index (χ2v) is 3.85. The zero-order valence-electron chi connectivity index (χ0n) is 9.43. The first-order valence-corrected chi connectivity index (χ1v) is 5.43. The van der Waals surface area contributed by atoms with Crippen LogP contribution in [0.5, 0.6) is 0 Å². The lowest BCUT2D eigenvalue weighted by Gasteiger charge is -2.18. The third kappa shape index (κ3) is 5.72. The molecule has 0 saturated heterocycles. The summed E-state index contributed by atoms with van der Waals surface area (Å²) in [5.41, 5.74) is 6.74. The third-order valence-corrected chi connectivity index (χ3v) is 2.34. The summed E-state index contributed by atoms with van der Waals surface area (Å²) >= 11 is 0. The Kier molecular flexibility index (Phi) is 6.04. The van der Waals surface area contributed by atoms with E-state index in [0.29, 0.717) is 6.42 Å². The van der Waals surface area contributed by atoms with Gasteiger partial charge >= 0.3 is 0 Å². The Morgan fingerprint density at radius 2 is 1.82 bits per heavy atom. The van der Waals surface area contributed by atoms with Gasteiger partial charge in [-0.3, -0.25) is 0 Å². The largest absolute Gasteiger partial charge is 0.389 e. The zero-order valence-corrected chi connectivity index (χ0v) is 9.43. The van der Waals surface area contributed by atoms with Gasteiger partial charge in [0, 0.05) is 6.04 Å². The lowest BCUT2D eigenvalue weighted by molar-refractivity contribution is -0.0258. The molecule has 0 aliphatic rings. The zero-order chi connectivity index (χ0) is 12.7. The van der Waals surface area contributed by atoms with Crippen LogP contribution in [0.2, 0.25) is 0 Å². The molecule has 0 bridgehead atoms. The highest BCUT2D eigenvalue weighted by Gasteiger charge is 2.16. The molecule has 2 unspecified atom stereocenters. The maximum absolute atomic E-state index is 11.8. The summed E-state index contributed by atoms with van der Waals surface area (Å²) in [5.74, 6) is 0. The fraction of sp³-hybridized carbons (Fsp3) is 0.500. The monoisotopic (exact) mass is 245 g/mol. The molecule has 0 amide bonds. The number of alkyl halides is 2. The van der Waals surface area contributed by atoms with Crippen molar-refractivity contribution in [3.63, 3.8) is 0 Å². The predicted molar refractivity (Wildman–Crippen MR) is 61.0 cm³/mol. The van der Waals surface area contributed by atoms with Gasteiger partial charge in [0.15, 0.2) is 0 Å². The second-order valence-electron chi connectivity index (χ2n) is 3.85. The van der Waals surface area contributed by atoms with Crippen molar-refractivity contribution >= 4 is 0 Å². The number of aliphatic hydroxyl groups is 1. The molecule has 0 saturated carbocycles. The summed E-state index contributed by atoms with van der Waals surface area (Å²) in [4.78, 5) is 0. The quantitative estimate of drug-likeness (QED) is 0.759. The molecule has 1 aromatic carbocycles. The lowest BCUT2D eigenvalue weighted by atomic mass is 10.0. The first-order chi connectivity index (χ1) is 8.09. The van der Waals surface area contributed by atoms with E-state index in [4.69, 9.17) is 5.73 Å². The number of rotatable bonds is 7. The summed E-state index contributed by atoms with van der Waals surface area (Å²) in [6.07, 6.45) is -2.97. The van der Waals surface area contributed by atoms with Gasteiger partial charge in [0.1, 0.15) is 6.61 Å². The van der Waals surface area contributed by atoms with Crippen LogP contribution >= 0.6 is 0 Å². The number of benzene rings is 1. The molecular formula is C12H17F2NO2. The summed E-state index contributed by atoms with van der Waals surface area (Å²) in [6.45, 7) is -0.840. The van der Waals surface area contributed by atoms with E-state index >= 15 is 0 Å². The van der Waals surface area contributed by atoms with E-state index in [-0.39, 0.29) is 6.61 Å². The highest BCUT2D eigenvalue weighted by atomic mass is 19.3. The van der Waals surface area contributed by atoms with Crippen molar-refractivity contribution in [3.05, 3.63) is 35.9 Å². The van der Waals surface area contributed by atoms with Gasteiger partial charge in [-0.1, -0.05) is 30.3 Å². The molecule has 2 atom stereocenters. The lowest BCUT2D eigenvalue weighted by Crippen LogP contribution is -2.40. The number of hydrogen-bond acceptors (Lipinski definition) is 3. The first-order valence-electron chi connectivity index (χ1n) is 5.43. The molecule has 0 aromatic heterocycles. The van der Waals surface area contributed by atoms with Gasteiger partial charge in [-0.2, -0.15) is 0 Å². The van der Waals surface area contributed by atoms with Gasteiger partial charge in [0.05, 0.1) is 12.7 Å². The molecule has 0 aliphatic carbocycles. The first kappa shape index (κ1) is 14.0. The molecule has 0 radical (unpaired) electrons. The minimum absolute atomic E-state index is 0.168. The van der Waals surface area contributed by atoms with Crippen LogP contribution in [0.15, 0.2) is 30.3 Å². The number of aliphatic hydroxyl groups excluding tert-OH is 1. The number of ether oxygens (including phenoxy) is 1. The highest BCUT2D eigenvalue weighted by Crippen LogP contribution is 2.05. The Morgan fingerprint density at radius 1 is 1.18 bits per heavy atom. The molecular weight excluding hydrogens is 228 g/mol. The van der Waals surface area contributed by atoms with Crippen molar-refractivity contribution in [2.75, 3.05) is 13.2 Å². The van der Waals surface area contributed by atoms with E-state index in [1.165, 1.54) is 0 Å². The molecule has 96 valence electrons. The van der Waals surface area contributed by atoms with Gasteiger partial charge in [-0.05, 0) is 12.0 Å². The van der Waals surface area contributed by atoms with E-state index < -0.39 is 25.2 Å². The fourth-order valence-electron chi connectivity index (χ4n) is 1.42. The molecule has 0 heterocycles. The van der Waals surface area contributed by atoms with Gasteiger partial charge in [-0.25, -0.2) is 8.78 Å². The maximum atomic E-state index is 11.8. The van der Waals surface area contributed by atoms with Gasteiger partial charge in [-0.15, -0.1) is 0 Å². The number of nitrogens with two attached hydrogens (primary N) is 1. The highest BCUT2D eigenvalue weighted by molar-refractivity contribution is 5.16. The van der Waals surface area contributed by atoms with E-state index in [2.05, 4.69) is 4.74 Å². The summed E-state index contributed by atoms with van der Waals surface area (Å²) in [5, 5.41) is 9.60. The van der Waals surface area contributed by atoms with Crippen molar-refractivity contribution < 1.29 is 18.6 Å². The summed E-state index contributed by atoms with van der Waals surface area (Å²) in [6, 6.07) is 8.91. The van der Waals surface area contributed by atoms with Crippen LogP contribution in [0.25, 0.3) is 0 Å². The van der Waals surface area contributed by atoms with Gasteiger partial charge in [0.25, 0.3) is 6.43 Å². The third-order valence-electron chi connectivity index (χ3n) is 2.34. The van der Waals surface area contributed by atoms with Crippen LogP contribution in [0.3, 0.4) is 0 Å². The van der Waals surface area contributed by atoms with E-state index in [1.54, 1.807) is 0 Å². The maximum Gasteiger partial charge on any atom is 0.261 e. The molecule has 1 rings (SSSR count). The molecule has 3 nitrogen and oxygen atoms in total. The van der Waals surface area contributed by atoms with Crippen molar-refractivity contribution in [1.82, 2.24) is 0 Å². The van der Waals surface area contributed by atoms with Crippen LogP contribution in [-0.2, 0) is 11.2 Å². The Morgan fingerprint density at radius 3 is 2.41 bits per heavy atom. The van der Waals surface area contributed by atoms with Crippen LogP contribution in [0.4, 0.5) is 8.78 Å². The van der Waals surface area contributed by atoms with Gasteiger partial charge in [0.2, 0.25) is 0 Å². The summed E-state index contributed by atoms with van der Waals surface area (Å²) in [7, 11) is 0. The van der Waals surface area contributed by atoms with E-state index in [1.807, 2.05) is 30.3 Å². The van der Waals surface area contributed by atoms with Crippen molar-refractivity contribution in [2.45, 2.75) is 25.0 Å². The standard InChI is InChI=1S/C12H17F2NO2/c13-12(14)8-17-7-11(16)10(15)6-9-4-2-1-3-5-9/h1-5,10-12,16H,6-8,15H2. The topological polar surface area (TPSA) is 55.5 Å². The molecule has 0 fully saturated rings. The summed E-state index contributed by atoms with van der Waals surface area (Å²) < 4.78 is 28.2. The van der Waals surface area contributed by atoms with Crippen LogP contribution < -0.4 is 5.73 Å². The Bertz CT molecular complexity index is 309. The molecule has 0 aliphatic heterocycles. The Hall–Kier alpha value is -1.04. The molecule has 17 heavy (non-hydrogen) atoms. The normalized spacial score (nSPS) is 14.9. The minimum atomic E-state index is -2.52. The Labute approximate surface area is 99.2 Å². The average Bonchev–Trinajstić information content (AvgIpc) is 2.29. The number of halogens is 2. The molecule has 5 heteroatoms. The molecule has 3 N–H and O–H groups in total. The van der Waals surface area contributed by atoms with Crippen molar-refractivity contribution in [3.8, 4) is 0 Å². The Balaban J connectivity index is 2.29. The van der Waals surface area contributed by atoms with Crippen molar-refractivity contribution in [2.24, 2.45) is 5.73 Å². The molecule has 0 spiro atoms. The van der Waals surface area contributed by atoms with Crippen LogP contribution in [-0.4, -0.2) is 36.9 Å². The van der Waals surface area contributed by atoms with E-state index in [0.717, 1.165) is 5.56 Å². The smallest absolute Gasteiger partial charge is 0.261 e. The average molecular weight is 245 g/mol. The molecule has 1 aromatic rings. The van der Waals surface area contributed by atoms with E-state index in [9.17, 15) is 13.9 Å². The number of hydrogen-bond donors (Lipinski definition) is 2. The second kappa shape index (κ2) is 7.32. The van der Waals surface area contributed by atoms with Crippen LogP contribution in [0, 0.1) is 0 Å². The predicted octanol–water partition coefficient (Wildman–Crippen LogP) is 1.20. The van der Waals surface area contributed by atoms with Crippen LogP contribution in [0.1, 0.15) is 5.56 Å². The fourth-order valence-corrected chi connectivity index (χ4v) is 1.42. The SMILES string of the molecule is NC(Cc1ccccc1)C(O)COCC(F)F. The van der Waals surface area contributed by atoms with Gasteiger partial charge < -0.3 is 15.6 Å². The minimum Gasteiger partial charge on any atom is -0.389 e.